The largest absolute Gasteiger partial charge is 0.339 e. The standard InChI is InChI=1S/C16H18N6O2.ClH/c23-13-7-12(9-3-5-17-6-4-9)22-15(19-13)11(8-18-22)14-20-16(24-21-14)10-1-2-10;/h7-10,17H,1-6H2,(H,19,23);1H. The van der Waals surface area contributed by atoms with Crippen LogP contribution in [0.4, 0.5) is 0 Å². The molecule has 0 spiro atoms. The first-order valence-corrected chi connectivity index (χ1v) is 8.45. The Balaban J connectivity index is 0.00000157. The van der Waals surface area contributed by atoms with Gasteiger partial charge in [0, 0.05) is 17.9 Å². The van der Waals surface area contributed by atoms with Crippen LogP contribution < -0.4 is 10.9 Å². The minimum atomic E-state index is -0.122. The smallest absolute Gasteiger partial charge is 0.251 e. The van der Waals surface area contributed by atoms with Gasteiger partial charge in [0.1, 0.15) is 5.65 Å². The Labute approximate surface area is 149 Å². The highest BCUT2D eigenvalue weighted by molar-refractivity contribution is 5.85. The summed E-state index contributed by atoms with van der Waals surface area (Å²) >= 11 is 0. The van der Waals surface area contributed by atoms with Crippen LogP contribution in [0.3, 0.4) is 0 Å². The van der Waals surface area contributed by atoms with E-state index in [9.17, 15) is 4.79 Å². The maximum atomic E-state index is 12.2. The number of nitrogens with one attached hydrogen (secondary N) is 2. The second-order valence-corrected chi connectivity index (χ2v) is 6.63. The summed E-state index contributed by atoms with van der Waals surface area (Å²) in [5, 5.41) is 11.9. The van der Waals surface area contributed by atoms with Crippen molar-refractivity contribution < 1.29 is 4.52 Å². The van der Waals surface area contributed by atoms with Crippen LogP contribution >= 0.6 is 12.4 Å². The van der Waals surface area contributed by atoms with Gasteiger partial charge < -0.3 is 14.8 Å². The summed E-state index contributed by atoms with van der Waals surface area (Å²) in [5.74, 6) is 1.90. The van der Waals surface area contributed by atoms with Crippen LogP contribution in [0.1, 0.15) is 49.1 Å². The van der Waals surface area contributed by atoms with E-state index in [2.05, 4.69) is 25.5 Å². The molecule has 9 heteroatoms. The van der Waals surface area contributed by atoms with Crippen molar-refractivity contribution in [1.82, 2.24) is 30.1 Å². The van der Waals surface area contributed by atoms with Gasteiger partial charge in [0.15, 0.2) is 0 Å². The van der Waals surface area contributed by atoms with Crippen molar-refractivity contribution in [3.8, 4) is 11.4 Å². The molecule has 132 valence electrons. The second kappa shape index (κ2) is 6.27. The Hall–Kier alpha value is -2.19. The summed E-state index contributed by atoms with van der Waals surface area (Å²) in [6, 6.07) is 1.66. The van der Waals surface area contributed by atoms with E-state index in [1.807, 2.05) is 4.52 Å². The summed E-state index contributed by atoms with van der Waals surface area (Å²) in [7, 11) is 0. The van der Waals surface area contributed by atoms with Gasteiger partial charge in [-0.05, 0) is 38.8 Å². The van der Waals surface area contributed by atoms with Crippen molar-refractivity contribution in [3.05, 3.63) is 34.2 Å². The molecule has 1 aliphatic heterocycles. The Kier molecular flexibility index (Phi) is 4.09. The number of fused-ring (bicyclic) bond motifs is 1. The van der Waals surface area contributed by atoms with Crippen LogP contribution in [0.5, 0.6) is 0 Å². The molecule has 0 bridgehead atoms. The topological polar surface area (TPSA) is 101 Å². The van der Waals surface area contributed by atoms with E-state index in [0.29, 0.717) is 34.8 Å². The molecule has 1 saturated carbocycles. The minimum absolute atomic E-state index is 0. The highest BCUT2D eigenvalue weighted by atomic mass is 35.5. The Bertz CT molecular complexity index is 951. The van der Waals surface area contributed by atoms with Crippen molar-refractivity contribution in [2.45, 2.75) is 37.5 Å². The Morgan fingerprint density at radius 3 is 2.72 bits per heavy atom. The lowest BCUT2D eigenvalue weighted by molar-refractivity contribution is 0.380. The molecule has 2 fully saturated rings. The third kappa shape index (κ3) is 2.85. The highest BCUT2D eigenvalue weighted by Crippen LogP contribution is 2.39. The number of nitrogens with zero attached hydrogens (tertiary/aromatic N) is 4. The van der Waals surface area contributed by atoms with Crippen molar-refractivity contribution in [2.75, 3.05) is 13.1 Å². The molecule has 0 aromatic carbocycles. The zero-order valence-electron chi connectivity index (χ0n) is 13.6. The van der Waals surface area contributed by atoms with E-state index < -0.39 is 0 Å². The number of piperidine rings is 1. The maximum absolute atomic E-state index is 12.2. The number of hydrogen-bond acceptors (Lipinski definition) is 6. The van der Waals surface area contributed by atoms with Crippen LogP contribution in [0.25, 0.3) is 17.0 Å². The third-order valence-corrected chi connectivity index (χ3v) is 4.90. The van der Waals surface area contributed by atoms with Gasteiger partial charge >= 0.3 is 0 Å². The maximum Gasteiger partial charge on any atom is 0.251 e. The molecule has 8 nitrogen and oxygen atoms in total. The SMILES string of the molecule is Cl.O=c1cc(C2CCNCC2)n2ncc(-c3noc(C4CC4)n3)c2[nH]1. The van der Waals surface area contributed by atoms with E-state index >= 15 is 0 Å². The fraction of sp³-hybridized carbons (Fsp3) is 0.500. The van der Waals surface area contributed by atoms with Gasteiger partial charge in [-0.15, -0.1) is 12.4 Å². The molecule has 25 heavy (non-hydrogen) atoms. The van der Waals surface area contributed by atoms with Gasteiger partial charge in [0.25, 0.3) is 5.56 Å². The quantitative estimate of drug-likeness (QED) is 0.737. The number of aromatic amines is 1. The molecule has 0 atom stereocenters. The molecule has 1 aliphatic carbocycles. The average molecular weight is 363 g/mol. The van der Waals surface area contributed by atoms with Crippen LogP contribution in [-0.2, 0) is 0 Å². The predicted octanol–water partition coefficient (Wildman–Crippen LogP) is 1.84. The zero-order valence-corrected chi connectivity index (χ0v) is 14.4. The number of H-pyrrole nitrogens is 1. The number of hydrogen-bond donors (Lipinski definition) is 2. The predicted molar refractivity (Wildman–Crippen MR) is 93.2 cm³/mol. The molecule has 0 amide bonds. The van der Waals surface area contributed by atoms with E-state index in [1.54, 1.807) is 12.3 Å². The molecule has 0 unspecified atom stereocenters. The fourth-order valence-corrected chi connectivity index (χ4v) is 3.43. The molecule has 3 aromatic heterocycles. The Morgan fingerprint density at radius 1 is 1.16 bits per heavy atom. The van der Waals surface area contributed by atoms with Gasteiger partial charge in [-0.25, -0.2) is 4.52 Å². The van der Waals surface area contributed by atoms with E-state index in [1.165, 1.54) is 0 Å². The molecule has 3 aromatic rings. The zero-order chi connectivity index (χ0) is 16.1. The summed E-state index contributed by atoms with van der Waals surface area (Å²) < 4.78 is 7.16. The molecular formula is C16H19ClN6O2. The second-order valence-electron chi connectivity index (χ2n) is 6.63. The van der Waals surface area contributed by atoms with Crippen molar-refractivity contribution in [1.29, 1.82) is 0 Å². The van der Waals surface area contributed by atoms with E-state index in [0.717, 1.165) is 44.5 Å². The lowest BCUT2D eigenvalue weighted by Crippen LogP contribution is -2.28. The van der Waals surface area contributed by atoms with Gasteiger partial charge in [-0.3, -0.25) is 4.79 Å². The molecule has 2 N–H and O–H groups in total. The number of halogens is 1. The third-order valence-electron chi connectivity index (χ3n) is 4.90. The first-order valence-electron chi connectivity index (χ1n) is 8.45. The highest BCUT2D eigenvalue weighted by Gasteiger charge is 2.30. The molecule has 5 rings (SSSR count). The van der Waals surface area contributed by atoms with Crippen LogP contribution in [0, 0.1) is 0 Å². The lowest BCUT2D eigenvalue weighted by Gasteiger charge is -2.23. The summed E-state index contributed by atoms with van der Waals surface area (Å²) in [4.78, 5) is 19.5. The first kappa shape index (κ1) is 16.3. The van der Waals surface area contributed by atoms with Crippen molar-refractivity contribution in [2.24, 2.45) is 0 Å². The number of rotatable bonds is 3. The first-order chi connectivity index (χ1) is 11.8. The molecule has 4 heterocycles. The van der Waals surface area contributed by atoms with Gasteiger partial charge in [0.05, 0.1) is 17.5 Å². The van der Waals surface area contributed by atoms with Gasteiger partial charge in [0.2, 0.25) is 11.7 Å². The number of aromatic nitrogens is 5. The molecule has 2 aliphatic rings. The Morgan fingerprint density at radius 2 is 1.96 bits per heavy atom. The normalized spacial score (nSPS) is 18.4. The summed E-state index contributed by atoms with van der Waals surface area (Å²) in [5.41, 5.74) is 2.17. The molecule has 1 saturated heterocycles. The lowest BCUT2D eigenvalue weighted by atomic mass is 9.94. The van der Waals surface area contributed by atoms with Gasteiger partial charge in [-0.2, -0.15) is 10.1 Å². The summed E-state index contributed by atoms with van der Waals surface area (Å²) in [6.07, 6.45) is 5.92. The average Bonchev–Trinajstić information content (AvgIpc) is 3.19. The van der Waals surface area contributed by atoms with E-state index in [-0.39, 0.29) is 18.0 Å². The fourth-order valence-electron chi connectivity index (χ4n) is 3.43. The van der Waals surface area contributed by atoms with Crippen LogP contribution in [0.15, 0.2) is 21.6 Å². The molecular weight excluding hydrogens is 344 g/mol. The van der Waals surface area contributed by atoms with Crippen LogP contribution in [0.2, 0.25) is 0 Å². The van der Waals surface area contributed by atoms with E-state index in [4.69, 9.17) is 4.52 Å². The minimum Gasteiger partial charge on any atom is -0.339 e. The van der Waals surface area contributed by atoms with Crippen molar-refractivity contribution >= 4 is 18.1 Å². The van der Waals surface area contributed by atoms with Crippen LogP contribution in [-0.4, -0.2) is 37.8 Å². The monoisotopic (exact) mass is 362 g/mol. The summed E-state index contributed by atoms with van der Waals surface area (Å²) in [6.45, 7) is 1.92. The molecule has 0 radical (unpaired) electrons. The van der Waals surface area contributed by atoms with Crippen molar-refractivity contribution in [3.63, 3.8) is 0 Å². The van der Waals surface area contributed by atoms with Gasteiger partial charge in [-0.1, -0.05) is 5.16 Å².